The van der Waals surface area contributed by atoms with Crippen LogP contribution in [0.3, 0.4) is 0 Å². The molecule has 0 aliphatic heterocycles. The lowest BCUT2D eigenvalue weighted by atomic mass is 10.1. The lowest BCUT2D eigenvalue weighted by molar-refractivity contribution is -0.907. The summed E-state index contributed by atoms with van der Waals surface area (Å²) in [6.45, 7) is 4.45. The van der Waals surface area contributed by atoms with Gasteiger partial charge < -0.3 is 14.6 Å². The van der Waals surface area contributed by atoms with Crippen LogP contribution >= 0.6 is 22.9 Å². The standard InChI is InChI=1S/C20H23ClN4O2S/c1-2-10-25(14-19-23-24-20(27-19)17-7-4-11-28-17)13-18(26)22-9-8-15-5-3-6-16(21)12-15/h3-7,11-12H,2,8-10,13-14H2,1H3,(H,22,26)/p+1. The number of nitrogens with zero attached hydrogens (tertiary/aromatic N) is 2. The van der Waals surface area contributed by atoms with Crippen molar-refractivity contribution in [3.8, 4) is 10.8 Å². The number of carbonyl (C=O) groups excluding carboxylic acids is 1. The second kappa shape index (κ2) is 10.4. The average Bonchev–Trinajstić information content (AvgIpc) is 3.33. The molecule has 1 atom stereocenters. The third kappa shape index (κ3) is 6.15. The number of hydrogen-bond donors (Lipinski definition) is 2. The second-order valence-corrected chi connectivity index (χ2v) is 7.95. The lowest BCUT2D eigenvalue weighted by Gasteiger charge is -2.16. The minimum atomic E-state index is 0.0171. The topological polar surface area (TPSA) is 72.5 Å². The third-order valence-electron chi connectivity index (χ3n) is 4.24. The van der Waals surface area contributed by atoms with E-state index < -0.39 is 0 Å². The predicted molar refractivity (Wildman–Crippen MR) is 110 cm³/mol. The first-order valence-corrected chi connectivity index (χ1v) is 10.6. The van der Waals surface area contributed by atoms with Gasteiger partial charge in [-0.15, -0.1) is 21.5 Å². The summed E-state index contributed by atoms with van der Waals surface area (Å²) >= 11 is 7.55. The van der Waals surface area contributed by atoms with Crippen LogP contribution in [0.5, 0.6) is 0 Å². The molecule has 0 fully saturated rings. The zero-order valence-corrected chi connectivity index (χ0v) is 17.4. The number of carbonyl (C=O) groups is 1. The Bertz CT molecular complexity index is 882. The molecule has 0 saturated heterocycles. The highest BCUT2D eigenvalue weighted by Crippen LogP contribution is 2.22. The van der Waals surface area contributed by atoms with Crippen LogP contribution in [-0.2, 0) is 17.8 Å². The highest BCUT2D eigenvalue weighted by Gasteiger charge is 2.18. The molecule has 8 heteroatoms. The Balaban J connectivity index is 1.49. The van der Waals surface area contributed by atoms with Gasteiger partial charge >= 0.3 is 0 Å². The maximum absolute atomic E-state index is 12.3. The first-order valence-electron chi connectivity index (χ1n) is 9.35. The van der Waals surface area contributed by atoms with E-state index in [0.717, 1.165) is 34.7 Å². The van der Waals surface area contributed by atoms with Crippen molar-refractivity contribution >= 4 is 28.8 Å². The van der Waals surface area contributed by atoms with Gasteiger partial charge in [0, 0.05) is 11.6 Å². The Morgan fingerprint density at radius 1 is 1.29 bits per heavy atom. The minimum Gasteiger partial charge on any atom is -0.414 e. The number of quaternary nitrogens is 1. The Morgan fingerprint density at radius 3 is 2.93 bits per heavy atom. The zero-order valence-electron chi connectivity index (χ0n) is 15.8. The van der Waals surface area contributed by atoms with Gasteiger partial charge in [-0.05, 0) is 42.0 Å². The first kappa shape index (κ1) is 20.5. The van der Waals surface area contributed by atoms with Gasteiger partial charge in [0.05, 0.1) is 11.4 Å². The van der Waals surface area contributed by atoms with Crippen LogP contribution in [-0.4, -0.2) is 35.7 Å². The largest absolute Gasteiger partial charge is 0.414 e. The summed E-state index contributed by atoms with van der Waals surface area (Å²) in [5.41, 5.74) is 1.11. The quantitative estimate of drug-likeness (QED) is 0.529. The van der Waals surface area contributed by atoms with Crippen LogP contribution in [0.4, 0.5) is 0 Å². The SMILES string of the molecule is CCC[NH+](CC(=O)NCCc1cccc(Cl)c1)Cc1nnc(-c2cccs2)o1. The number of thiophene rings is 1. The highest BCUT2D eigenvalue weighted by atomic mass is 35.5. The van der Waals surface area contributed by atoms with E-state index >= 15 is 0 Å². The predicted octanol–water partition coefficient (Wildman–Crippen LogP) is 2.61. The van der Waals surface area contributed by atoms with Gasteiger partial charge in [0.2, 0.25) is 0 Å². The summed E-state index contributed by atoms with van der Waals surface area (Å²) in [6.07, 6.45) is 1.72. The second-order valence-electron chi connectivity index (χ2n) is 6.56. The van der Waals surface area contributed by atoms with Gasteiger partial charge in [0.1, 0.15) is 0 Å². The molecule has 1 amide bonds. The van der Waals surface area contributed by atoms with Crippen LogP contribution in [0.25, 0.3) is 10.8 Å². The van der Waals surface area contributed by atoms with Gasteiger partial charge in [-0.3, -0.25) is 4.79 Å². The van der Waals surface area contributed by atoms with Crippen LogP contribution in [0.15, 0.2) is 46.2 Å². The molecule has 1 unspecified atom stereocenters. The smallest absolute Gasteiger partial charge is 0.275 e. The van der Waals surface area contributed by atoms with Crippen LogP contribution < -0.4 is 10.2 Å². The van der Waals surface area contributed by atoms with Gasteiger partial charge in [0.15, 0.2) is 13.1 Å². The van der Waals surface area contributed by atoms with Gasteiger partial charge in [0.25, 0.3) is 17.7 Å². The van der Waals surface area contributed by atoms with E-state index in [4.69, 9.17) is 16.0 Å². The summed E-state index contributed by atoms with van der Waals surface area (Å²) < 4.78 is 5.76. The Morgan fingerprint density at radius 2 is 2.18 bits per heavy atom. The van der Waals surface area contributed by atoms with Gasteiger partial charge in [-0.25, -0.2) is 0 Å². The van der Waals surface area contributed by atoms with Crippen molar-refractivity contribution in [2.45, 2.75) is 26.3 Å². The van der Waals surface area contributed by atoms with E-state index in [9.17, 15) is 4.79 Å². The van der Waals surface area contributed by atoms with Crippen LogP contribution in [0, 0.1) is 0 Å². The molecular weight excluding hydrogens is 396 g/mol. The van der Waals surface area contributed by atoms with Crippen molar-refractivity contribution in [3.63, 3.8) is 0 Å². The van der Waals surface area contributed by atoms with Crippen LogP contribution in [0.2, 0.25) is 5.02 Å². The van der Waals surface area contributed by atoms with Crippen molar-refractivity contribution in [3.05, 3.63) is 58.3 Å². The monoisotopic (exact) mass is 419 g/mol. The maximum Gasteiger partial charge on any atom is 0.275 e. The zero-order chi connectivity index (χ0) is 19.8. The molecule has 148 valence electrons. The molecule has 0 radical (unpaired) electrons. The van der Waals surface area contributed by atoms with Crippen LogP contribution in [0.1, 0.15) is 24.8 Å². The molecule has 28 heavy (non-hydrogen) atoms. The van der Waals surface area contributed by atoms with Gasteiger partial charge in [-0.2, -0.15) is 0 Å². The van der Waals surface area contributed by atoms with Crippen molar-refractivity contribution in [1.82, 2.24) is 15.5 Å². The molecule has 0 bridgehead atoms. The summed E-state index contributed by atoms with van der Waals surface area (Å²) in [5.74, 6) is 1.11. The fraction of sp³-hybridized carbons (Fsp3) is 0.350. The Labute approximate surface area is 173 Å². The number of benzene rings is 1. The number of rotatable bonds is 10. The maximum atomic E-state index is 12.3. The van der Waals surface area contributed by atoms with E-state index in [1.807, 2.05) is 41.8 Å². The summed E-state index contributed by atoms with van der Waals surface area (Å²) in [6, 6.07) is 11.6. The lowest BCUT2D eigenvalue weighted by Crippen LogP contribution is -3.12. The molecule has 2 aromatic heterocycles. The van der Waals surface area contributed by atoms with E-state index in [2.05, 4.69) is 22.4 Å². The fourth-order valence-electron chi connectivity index (χ4n) is 2.96. The molecule has 0 aliphatic rings. The summed E-state index contributed by atoms with van der Waals surface area (Å²) in [5, 5.41) is 13.9. The molecule has 1 aromatic carbocycles. The molecule has 0 aliphatic carbocycles. The number of aromatic nitrogens is 2. The molecule has 2 heterocycles. The average molecular weight is 420 g/mol. The van der Waals surface area contributed by atoms with E-state index in [-0.39, 0.29) is 5.91 Å². The van der Waals surface area contributed by atoms with Crippen molar-refractivity contribution in [2.75, 3.05) is 19.6 Å². The molecule has 3 aromatic rings. The molecule has 0 saturated carbocycles. The van der Waals surface area contributed by atoms with Crippen molar-refractivity contribution < 1.29 is 14.1 Å². The van der Waals surface area contributed by atoms with Gasteiger partial charge in [-0.1, -0.05) is 36.7 Å². The van der Waals surface area contributed by atoms with E-state index in [0.29, 0.717) is 36.4 Å². The molecule has 6 nitrogen and oxygen atoms in total. The minimum absolute atomic E-state index is 0.0171. The van der Waals surface area contributed by atoms with Crippen molar-refractivity contribution in [1.29, 1.82) is 0 Å². The molecule has 0 spiro atoms. The molecular formula is C20H24ClN4O2S+. The Kier molecular flexibility index (Phi) is 7.59. The van der Waals surface area contributed by atoms with Crippen molar-refractivity contribution in [2.24, 2.45) is 0 Å². The Hall–Kier alpha value is -2.22. The normalized spacial score (nSPS) is 12.1. The van der Waals surface area contributed by atoms with E-state index in [1.54, 1.807) is 11.3 Å². The van der Waals surface area contributed by atoms with E-state index in [1.165, 1.54) is 0 Å². The number of amides is 1. The third-order valence-corrected chi connectivity index (χ3v) is 5.33. The molecule has 3 rings (SSSR count). The summed E-state index contributed by atoms with van der Waals surface area (Å²) in [7, 11) is 0. The number of hydrogen-bond acceptors (Lipinski definition) is 5. The highest BCUT2D eigenvalue weighted by molar-refractivity contribution is 7.13. The number of nitrogens with one attached hydrogen (secondary N) is 2. The summed E-state index contributed by atoms with van der Waals surface area (Å²) in [4.78, 5) is 14.4. The first-order chi connectivity index (χ1) is 13.6. The molecule has 2 N–H and O–H groups in total. The fourth-order valence-corrected chi connectivity index (χ4v) is 3.82. The number of halogens is 1.